The first-order chi connectivity index (χ1) is 7.63. The number of pyridine rings is 1. The van der Waals surface area contributed by atoms with Gasteiger partial charge in [0.05, 0.1) is 6.10 Å². The molecule has 0 radical (unpaired) electrons. The molecule has 1 heterocycles. The Morgan fingerprint density at radius 3 is 2.75 bits per heavy atom. The van der Waals surface area contributed by atoms with Crippen molar-refractivity contribution in [3.63, 3.8) is 0 Å². The van der Waals surface area contributed by atoms with E-state index >= 15 is 0 Å². The van der Waals surface area contributed by atoms with Gasteiger partial charge in [0, 0.05) is 30.5 Å². The molecule has 0 aliphatic rings. The Morgan fingerprint density at radius 1 is 1.38 bits per heavy atom. The Hall–Kier alpha value is -1.09. The molecule has 3 nitrogen and oxygen atoms in total. The van der Waals surface area contributed by atoms with Crippen LogP contribution >= 0.6 is 0 Å². The molecule has 0 bridgehead atoms. The zero-order valence-electron chi connectivity index (χ0n) is 10.7. The second-order valence-corrected chi connectivity index (χ2v) is 4.36. The summed E-state index contributed by atoms with van der Waals surface area (Å²) in [6, 6.07) is 2.40. The van der Waals surface area contributed by atoms with E-state index in [0.29, 0.717) is 6.04 Å². The normalized spacial score (nSPS) is 12.8. The lowest BCUT2D eigenvalue weighted by molar-refractivity contribution is 0.214. The molecule has 3 heteroatoms. The number of aromatic nitrogens is 1. The summed E-state index contributed by atoms with van der Waals surface area (Å²) in [6.07, 6.45) is 4.91. The van der Waals surface area contributed by atoms with E-state index in [1.165, 1.54) is 0 Å². The summed E-state index contributed by atoms with van der Waals surface area (Å²) in [5.74, 6) is 0.942. The lowest BCUT2D eigenvalue weighted by Crippen LogP contribution is -2.22. The molecule has 1 rings (SSSR count). The first-order valence-corrected chi connectivity index (χ1v) is 5.96. The number of rotatable bonds is 6. The minimum absolute atomic E-state index is 0.250. The highest BCUT2D eigenvalue weighted by atomic mass is 16.5. The Morgan fingerprint density at radius 2 is 2.12 bits per heavy atom. The molecule has 0 fully saturated rings. The smallest absolute Gasteiger partial charge is 0.127 e. The van der Waals surface area contributed by atoms with Gasteiger partial charge in [0.25, 0.3) is 0 Å². The number of nitrogens with zero attached hydrogens (tertiary/aromatic N) is 1. The van der Waals surface area contributed by atoms with Gasteiger partial charge < -0.3 is 10.1 Å². The van der Waals surface area contributed by atoms with E-state index in [-0.39, 0.29) is 6.10 Å². The molecule has 1 aromatic heterocycles. The van der Waals surface area contributed by atoms with E-state index in [1.54, 1.807) is 6.20 Å². The Balaban J connectivity index is 2.67. The van der Waals surface area contributed by atoms with E-state index in [9.17, 15) is 0 Å². The van der Waals surface area contributed by atoms with Gasteiger partial charge >= 0.3 is 0 Å². The fourth-order valence-electron chi connectivity index (χ4n) is 1.28. The van der Waals surface area contributed by atoms with Crippen LogP contribution in [0.3, 0.4) is 0 Å². The summed E-state index contributed by atoms with van der Waals surface area (Å²) in [7, 11) is 0. The van der Waals surface area contributed by atoms with Gasteiger partial charge in [-0.15, -0.1) is 0 Å². The van der Waals surface area contributed by atoms with E-state index in [2.05, 4.69) is 38.0 Å². The monoisotopic (exact) mass is 222 g/mol. The maximum Gasteiger partial charge on any atom is 0.127 e. The van der Waals surface area contributed by atoms with Gasteiger partial charge in [-0.1, -0.05) is 20.8 Å². The van der Waals surface area contributed by atoms with Gasteiger partial charge in [-0.3, -0.25) is 4.98 Å². The average molecular weight is 222 g/mol. The predicted molar refractivity (Wildman–Crippen MR) is 66.6 cm³/mol. The zero-order valence-corrected chi connectivity index (χ0v) is 10.7. The molecular formula is C13H22N2O. The third-order valence-electron chi connectivity index (χ3n) is 2.46. The lowest BCUT2D eigenvalue weighted by Gasteiger charge is -2.16. The average Bonchev–Trinajstić information content (AvgIpc) is 2.27. The Kier molecular flexibility index (Phi) is 5.26. The molecule has 0 aliphatic carbocycles. The molecule has 0 spiro atoms. The quantitative estimate of drug-likeness (QED) is 0.803. The van der Waals surface area contributed by atoms with Crippen LogP contribution < -0.4 is 10.1 Å². The van der Waals surface area contributed by atoms with E-state index in [4.69, 9.17) is 4.74 Å². The summed E-state index contributed by atoms with van der Waals surface area (Å²) in [5, 5.41) is 3.37. The molecule has 0 aliphatic heterocycles. The fourth-order valence-corrected chi connectivity index (χ4v) is 1.28. The van der Waals surface area contributed by atoms with Crippen molar-refractivity contribution in [3.05, 3.63) is 24.0 Å². The highest BCUT2D eigenvalue weighted by Crippen LogP contribution is 2.18. The van der Waals surface area contributed by atoms with E-state index in [0.717, 1.165) is 24.3 Å². The van der Waals surface area contributed by atoms with Crippen molar-refractivity contribution in [2.45, 2.75) is 52.8 Å². The minimum atomic E-state index is 0.250. The second kappa shape index (κ2) is 6.48. The first-order valence-electron chi connectivity index (χ1n) is 5.96. The van der Waals surface area contributed by atoms with Gasteiger partial charge in [-0.2, -0.15) is 0 Å². The molecule has 1 atom stereocenters. The predicted octanol–water partition coefficient (Wildman–Crippen LogP) is 2.76. The molecule has 1 N–H and O–H groups in total. The van der Waals surface area contributed by atoms with Crippen molar-refractivity contribution in [3.8, 4) is 5.75 Å². The van der Waals surface area contributed by atoms with Crippen LogP contribution in [0.15, 0.2) is 18.5 Å². The highest BCUT2D eigenvalue weighted by Gasteiger charge is 2.07. The minimum Gasteiger partial charge on any atom is -0.490 e. The number of nitrogens with one attached hydrogen (secondary N) is 1. The Bertz CT molecular complexity index is 313. The van der Waals surface area contributed by atoms with Gasteiger partial charge in [0.15, 0.2) is 0 Å². The van der Waals surface area contributed by atoms with Gasteiger partial charge in [-0.05, 0) is 19.4 Å². The van der Waals surface area contributed by atoms with Crippen LogP contribution in [-0.4, -0.2) is 17.1 Å². The molecule has 0 amide bonds. The van der Waals surface area contributed by atoms with Crippen molar-refractivity contribution < 1.29 is 4.74 Å². The maximum atomic E-state index is 5.85. The van der Waals surface area contributed by atoms with E-state index in [1.807, 2.05) is 12.3 Å². The summed E-state index contributed by atoms with van der Waals surface area (Å²) in [6.45, 7) is 9.27. The number of hydrogen-bond acceptors (Lipinski definition) is 3. The highest BCUT2D eigenvalue weighted by molar-refractivity contribution is 5.30. The standard InChI is InChI=1S/C13H22N2O/c1-5-11(4)16-13-6-7-14-8-12(13)9-15-10(2)3/h6-8,10-11,15H,5,9H2,1-4H3. The van der Waals surface area contributed by atoms with Crippen LogP contribution in [0.1, 0.15) is 39.7 Å². The van der Waals surface area contributed by atoms with Crippen molar-refractivity contribution in [2.75, 3.05) is 0 Å². The third-order valence-corrected chi connectivity index (χ3v) is 2.46. The molecule has 1 aromatic rings. The topological polar surface area (TPSA) is 34.1 Å². The number of hydrogen-bond donors (Lipinski definition) is 1. The lowest BCUT2D eigenvalue weighted by atomic mass is 10.2. The second-order valence-electron chi connectivity index (χ2n) is 4.36. The van der Waals surface area contributed by atoms with E-state index < -0.39 is 0 Å². The van der Waals surface area contributed by atoms with Crippen LogP contribution in [0.25, 0.3) is 0 Å². The van der Waals surface area contributed by atoms with Gasteiger partial charge in [0.1, 0.15) is 5.75 Å². The van der Waals surface area contributed by atoms with Crippen molar-refractivity contribution in [1.29, 1.82) is 0 Å². The van der Waals surface area contributed by atoms with Crippen molar-refractivity contribution >= 4 is 0 Å². The van der Waals surface area contributed by atoms with Crippen LogP contribution in [0.2, 0.25) is 0 Å². The molecule has 16 heavy (non-hydrogen) atoms. The largest absolute Gasteiger partial charge is 0.490 e. The van der Waals surface area contributed by atoms with Gasteiger partial charge in [0.2, 0.25) is 0 Å². The van der Waals surface area contributed by atoms with Crippen LogP contribution in [-0.2, 0) is 6.54 Å². The van der Waals surface area contributed by atoms with Crippen molar-refractivity contribution in [2.24, 2.45) is 0 Å². The molecule has 0 aromatic carbocycles. The Labute approximate surface area is 98.2 Å². The van der Waals surface area contributed by atoms with Crippen LogP contribution in [0.4, 0.5) is 0 Å². The summed E-state index contributed by atoms with van der Waals surface area (Å²) < 4.78 is 5.85. The molecule has 1 unspecified atom stereocenters. The molecule has 0 saturated carbocycles. The van der Waals surface area contributed by atoms with Crippen LogP contribution in [0, 0.1) is 0 Å². The first kappa shape index (κ1) is 13.0. The SMILES string of the molecule is CCC(C)Oc1ccncc1CNC(C)C. The zero-order chi connectivity index (χ0) is 12.0. The van der Waals surface area contributed by atoms with Crippen LogP contribution in [0.5, 0.6) is 5.75 Å². The van der Waals surface area contributed by atoms with Crippen molar-refractivity contribution in [1.82, 2.24) is 10.3 Å². The molecular weight excluding hydrogens is 200 g/mol. The summed E-state index contributed by atoms with van der Waals surface area (Å²) >= 11 is 0. The fraction of sp³-hybridized carbons (Fsp3) is 0.615. The molecule has 0 saturated heterocycles. The summed E-state index contributed by atoms with van der Waals surface area (Å²) in [5.41, 5.74) is 1.12. The molecule has 90 valence electrons. The number of ether oxygens (including phenoxy) is 1. The third kappa shape index (κ3) is 4.19. The summed E-state index contributed by atoms with van der Waals surface area (Å²) in [4.78, 5) is 4.14. The van der Waals surface area contributed by atoms with Gasteiger partial charge in [-0.25, -0.2) is 0 Å². The maximum absolute atomic E-state index is 5.85.